The van der Waals surface area contributed by atoms with Crippen LogP contribution in [0.5, 0.6) is 5.75 Å². The van der Waals surface area contributed by atoms with Crippen molar-refractivity contribution >= 4 is 27.6 Å². The monoisotopic (exact) mass is 602 g/mol. The highest BCUT2D eigenvalue weighted by molar-refractivity contribution is 14.2. The first-order chi connectivity index (χ1) is 15.6. The van der Waals surface area contributed by atoms with E-state index in [-0.39, 0.29) is 9.32 Å². The summed E-state index contributed by atoms with van der Waals surface area (Å²) >= 11 is -3.57. The molecule has 0 saturated heterocycles. The summed E-state index contributed by atoms with van der Waals surface area (Å²) in [5.74, 6) is -0.0795. The molecular formula is C24H44IO7P. The van der Waals surface area contributed by atoms with Gasteiger partial charge in [-0.25, -0.2) is 10.7 Å². The molecule has 0 radical (unpaired) electrons. The van der Waals surface area contributed by atoms with Gasteiger partial charge in [-0.05, 0) is 30.5 Å². The van der Waals surface area contributed by atoms with Crippen molar-refractivity contribution in [2.75, 3.05) is 0 Å². The standard InChI is InChI=1S/C24H41IO3.H3O4P/c1-2-3-4-5-6-7-8-9-10-11-12-13-14-15-16-17-18-22-19-20-23(25(27)28)24(26)21-22;1-5(2,3)4/h19-21,26H,2-18H2,1H3;(H3,1,2,3,4). The van der Waals surface area contributed by atoms with Crippen LogP contribution >= 0.6 is 27.6 Å². The first-order valence-electron chi connectivity index (χ1n) is 12.3. The molecule has 0 atom stereocenters. The lowest BCUT2D eigenvalue weighted by Gasteiger charge is -2.05. The largest absolute Gasteiger partial charge is 0.507 e. The molecule has 9 heteroatoms. The molecule has 0 unspecified atom stereocenters. The minimum Gasteiger partial charge on any atom is -0.507 e. The Bertz CT molecular complexity index is 715. The van der Waals surface area contributed by atoms with Gasteiger partial charge in [-0.3, -0.25) is 0 Å². The fourth-order valence-corrected chi connectivity index (χ4v) is 4.80. The van der Waals surface area contributed by atoms with Crippen LogP contribution < -0.4 is 0 Å². The molecule has 0 aromatic heterocycles. The van der Waals surface area contributed by atoms with Crippen LogP contribution in [0.4, 0.5) is 0 Å². The molecule has 4 N–H and O–H groups in total. The molecule has 1 aromatic carbocycles. The van der Waals surface area contributed by atoms with Crippen LogP contribution in [0, 0.1) is 3.57 Å². The number of aryl methyl sites for hydroxylation is 1. The van der Waals surface area contributed by atoms with Crippen LogP contribution in [0.2, 0.25) is 0 Å². The van der Waals surface area contributed by atoms with Gasteiger partial charge in [-0.15, -0.1) is 0 Å². The molecule has 7 nitrogen and oxygen atoms in total. The van der Waals surface area contributed by atoms with E-state index in [9.17, 15) is 11.2 Å². The Morgan fingerprint density at radius 3 is 1.39 bits per heavy atom. The van der Waals surface area contributed by atoms with E-state index in [0.29, 0.717) is 0 Å². The molecule has 0 aliphatic rings. The molecule has 0 bridgehead atoms. The smallest absolute Gasteiger partial charge is 0.466 e. The third-order valence-electron chi connectivity index (χ3n) is 5.50. The maximum atomic E-state index is 11.0. The van der Waals surface area contributed by atoms with Crippen molar-refractivity contribution in [3.05, 3.63) is 27.3 Å². The second-order valence-electron chi connectivity index (χ2n) is 8.57. The lowest BCUT2D eigenvalue weighted by atomic mass is 10.0. The van der Waals surface area contributed by atoms with Gasteiger partial charge >= 0.3 is 27.6 Å². The predicted octanol–water partition coefficient (Wildman–Crippen LogP) is 7.63. The van der Waals surface area contributed by atoms with Crippen molar-refractivity contribution in [1.29, 1.82) is 0 Å². The topological polar surface area (TPSA) is 132 Å². The molecule has 33 heavy (non-hydrogen) atoms. The van der Waals surface area contributed by atoms with E-state index in [2.05, 4.69) is 6.92 Å². The number of phosphoric acid groups is 1. The molecule has 0 fully saturated rings. The van der Waals surface area contributed by atoms with Crippen LogP contribution in [0.1, 0.15) is 115 Å². The molecule has 0 aliphatic carbocycles. The summed E-state index contributed by atoms with van der Waals surface area (Å²) in [6.07, 6.45) is 22.7. The lowest BCUT2D eigenvalue weighted by Crippen LogP contribution is -1.88. The number of benzene rings is 1. The second kappa shape index (κ2) is 20.8. The van der Waals surface area contributed by atoms with Crippen molar-refractivity contribution in [2.45, 2.75) is 116 Å². The lowest BCUT2D eigenvalue weighted by molar-refractivity contribution is 0.275. The molecule has 194 valence electrons. The minimum atomic E-state index is -4.64. The number of aromatic hydroxyl groups is 1. The van der Waals surface area contributed by atoms with Crippen LogP contribution in [0.25, 0.3) is 0 Å². The number of hydrogen-bond acceptors (Lipinski definition) is 4. The normalized spacial score (nSPS) is 11.4. The quantitative estimate of drug-likeness (QED) is 0.0772. The third kappa shape index (κ3) is 23.0. The van der Waals surface area contributed by atoms with Crippen molar-refractivity contribution in [3.8, 4) is 5.75 Å². The first-order valence-corrected chi connectivity index (χ1v) is 16.7. The Balaban J connectivity index is 0.00000184. The maximum Gasteiger partial charge on any atom is 0.466 e. The van der Waals surface area contributed by atoms with Crippen LogP contribution in [-0.4, -0.2) is 19.8 Å². The summed E-state index contributed by atoms with van der Waals surface area (Å²) in [7, 11) is -4.64. The Morgan fingerprint density at radius 2 is 1.06 bits per heavy atom. The summed E-state index contributed by atoms with van der Waals surface area (Å²) in [6.45, 7) is 2.27. The van der Waals surface area contributed by atoms with Crippen LogP contribution in [-0.2, 0) is 17.1 Å². The minimum absolute atomic E-state index is 0.0795. The van der Waals surface area contributed by atoms with Gasteiger partial charge in [-0.2, -0.15) is 0 Å². The molecule has 0 heterocycles. The van der Waals surface area contributed by atoms with Crippen molar-refractivity contribution in [2.24, 2.45) is 0 Å². The fourth-order valence-electron chi connectivity index (χ4n) is 3.72. The molecule has 0 aliphatic heterocycles. The average Bonchev–Trinajstić information content (AvgIpc) is 2.72. The van der Waals surface area contributed by atoms with Gasteiger partial charge in [0.25, 0.3) is 0 Å². The van der Waals surface area contributed by atoms with Gasteiger partial charge in [0.15, 0.2) is 0 Å². The van der Waals surface area contributed by atoms with Gasteiger partial charge in [0, 0.05) is 0 Å². The number of rotatable bonds is 18. The maximum absolute atomic E-state index is 11.0. The Hall–Kier alpha value is -0.540. The van der Waals surface area contributed by atoms with Gasteiger partial charge in [0.05, 0.1) is 0 Å². The van der Waals surface area contributed by atoms with Gasteiger partial charge in [-0.1, -0.05) is 109 Å². The highest BCUT2D eigenvalue weighted by Gasteiger charge is 2.07. The zero-order chi connectivity index (χ0) is 25.0. The van der Waals surface area contributed by atoms with E-state index >= 15 is 0 Å². The second-order valence-corrected chi connectivity index (χ2v) is 12.0. The van der Waals surface area contributed by atoms with E-state index in [4.69, 9.17) is 19.2 Å². The number of phenolic OH excluding ortho intramolecular Hbond substituents is 1. The summed E-state index contributed by atoms with van der Waals surface area (Å²) < 4.78 is 31.0. The highest BCUT2D eigenvalue weighted by atomic mass is 127. The fraction of sp³-hybridized carbons (Fsp3) is 0.750. The zero-order valence-corrected chi connectivity index (χ0v) is 23.1. The van der Waals surface area contributed by atoms with Crippen molar-refractivity contribution in [3.63, 3.8) is 0 Å². The molecule has 0 spiro atoms. The average molecular weight is 602 g/mol. The van der Waals surface area contributed by atoms with Gasteiger partial charge < -0.3 is 19.8 Å². The van der Waals surface area contributed by atoms with E-state index in [1.807, 2.05) is 6.07 Å². The van der Waals surface area contributed by atoms with E-state index in [0.717, 1.165) is 18.4 Å². The predicted molar refractivity (Wildman–Crippen MR) is 140 cm³/mol. The number of unbranched alkanes of at least 4 members (excludes halogenated alkanes) is 15. The first kappa shape index (κ1) is 32.5. The zero-order valence-electron chi connectivity index (χ0n) is 20.1. The van der Waals surface area contributed by atoms with Crippen molar-refractivity contribution < 1.29 is 30.5 Å². The summed E-state index contributed by atoms with van der Waals surface area (Å²) in [4.78, 5) is 21.6. The Morgan fingerprint density at radius 1 is 0.697 bits per heavy atom. The summed E-state index contributed by atoms with van der Waals surface area (Å²) in [5, 5.41) is 9.74. The van der Waals surface area contributed by atoms with E-state index < -0.39 is 27.6 Å². The van der Waals surface area contributed by atoms with Crippen LogP contribution in [0.15, 0.2) is 18.2 Å². The highest BCUT2D eigenvalue weighted by Crippen LogP contribution is 2.28. The molecule has 0 saturated carbocycles. The molecule has 0 amide bonds. The van der Waals surface area contributed by atoms with Gasteiger partial charge in [0.2, 0.25) is 0 Å². The summed E-state index contributed by atoms with van der Waals surface area (Å²) in [5.41, 5.74) is 1.03. The Labute approximate surface area is 206 Å². The Kier molecular flexibility index (Phi) is 20.5. The van der Waals surface area contributed by atoms with Gasteiger partial charge in [0.1, 0.15) is 9.32 Å². The van der Waals surface area contributed by atoms with Crippen molar-refractivity contribution in [1.82, 2.24) is 0 Å². The van der Waals surface area contributed by atoms with Crippen LogP contribution in [0.3, 0.4) is 0 Å². The SMILES string of the molecule is CCCCCCCCCCCCCCCCCCc1ccc(I(=O)=O)c(O)c1.O=P(O)(O)O. The molecular weight excluding hydrogens is 558 g/mol. The molecule has 1 rings (SSSR count). The van der Waals surface area contributed by atoms with E-state index in [1.54, 1.807) is 12.1 Å². The number of phenols is 1. The number of hydrogen-bond donors (Lipinski definition) is 4. The van der Waals surface area contributed by atoms with E-state index in [1.165, 1.54) is 96.3 Å². The third-order valence-corrected chi connectivity index (χ3v) is 7.36. The number of halogens is 1. The summed E-state index contributed by atoms with van der Waals surface area (Å²) in [6, 6.07) is 4.99. The molecule has 1 aromatic rings.